The second kappa shape index (κ2) is 16.7. The molecular weight excluding hydrogens is 1000 g/mol. The molecule has 0 atom stereocenters. The van der Waals surface area contributed by atoms with Crippen molar-refractivity contribution in [1.82, 2.24) is 14.1 Å². The molecule has 403 valence electrons. The first-order valence-electron chi connectivity index (χ1n) is 29.7. The zero-order valence-electron chi connectivity index (χ0n) is 49.1. The van der Waals surface area contributed by atoms with Crippen molar-refractivity contribution in [2.75, 3.05) is 5.32 Å². The van der Waals surface area contributed by atoms with Gasteiger partial charge in [-0.2, -0.15) is 0 Å². The standard InChI is InChI=1S/C75H68BN4O2/c1-71(2,3)43-26-28-44(29-27-43)77-56-36-48-47-34-51-54(75(10,11)33-31-72(51,4)5)39-63(47)81-62(48)37-49(56)66-67-68-64(65-46-24-18-19-25-61(46)82-69(65)66)50-35-52-53(74(8,9)32-30-73(52,6)7)38-58(50)80(68)59-41-60-57(40-55(59)76-67)78-70(42-20-14-12-15-21-42)79(60)45-22-16-13-17-23-45/h12-29,34-41,77H,30-33H2,1-11H3. The average Bonchev–Trinajstić information content (AvgIpc) is 3.10. The second-order valence-electron chi connectivity index (χ2n) is 28.0. The Balaban J connectivity index is 1.06. The van der Waals surface area contributed by atoms with Gasteiger partial charge in [-0.1, -0.05) is 160 Å². The van der Waals surface area contributed by atoms with Crippen molar-refractivity contribution in [1.29, 1.82) is 0 Å². The van der Waals surface area contributed by atoms with Crippen molar-refractivity contribution in [2.24, 2.45) is 0 Å². The number of furan rings is 2. The Morgan fingerprint density at radius 3 is 1.80 bits per heavy atom. The van der Waals surface area contributed by atoms with Crippen molar-refractivity contribution in [3.63, 3.8) is 0 Å². The average molecular weight is 1070 g/mol. The molecule has 2 aliphatic carbocycles. The summed E-state index contributed by atoms with van der Waals surface area (Å²) in [4.78, 5) is 5.55. The van der Waals surface area contributed by atoms with Gasteiger partial charge in [0.2, 0.25) is 0 Å². The number of imidazole rings is 1. The molecule has 7 heteroatoms. The van der Waals surface area contributed by atoms with Crippen LogP contribution < -0.4 is 16.2 Å². The van der Waals surface area contributed by atoms with Gasteiger partial charge in [0.05, 0.1) is 16.6 Å². The van der Waals surface area contributed by atoms with Gasteiger partial charge >= 0.3 is 0 Å². The summed E-state index contributed by atoms with van der Waals surface area (Å²) in [6.07, 6.45) is 4.51. The third-order valence-electron chi connectivity index (χ3n) is 19.8. The predicted octanol–water partition coefficient (Wildman–Crippen LogP) is 19.0. The summed E-state index contributed by atoms with van der Waals surface area (Å²) in [5.41, 5.74) is 24.3. The van der Waals surface area contributed by atoms with Crippen LogP contribution in [0.4, 0.5) is 11.4 Å². The number of fused-ring (bicyclic) bond motifs is 15. The lowest BCUT2D eigenvalue weighted by Crippen LogP contribution is -2.37. The molecule has 13 aromatic rings. The van der Waals surface area contributed by atoms with Crippen LogP contribution >= 0.6 is 0 Å². The first-order valence-corrected chi connectivity index (χ1v) is 29.7. The summed E-state index contributed by atoms with van der Waals surface area (Å²) < 4.78 is 19.7. The van der Waals surface area contributed by atoms with Crippen LogP contribution in [0, 0.1) is 0 Å². The Kier molecular flexibility index (Phi) is 10.1. The summed E-state index contributed by atoms with van der Waals surface area (Å²) in [6.45, 7) is 26.2. The topological polar surface area (TPSA) is 61.1 Å². The van der Waals surface area contributed by atoms with E-state index >= 15 is 0 Å². The molecule has 1 aliphatic heterocycles. The van der Waals surface area contributed by atoms with Crippen molar-refractivity contribution < 1.29 is 8.83 Å². The van der Waals surface area contributed by atoms with E-state index in [-0.39, 0.29) is 27.1 Å². The molecule has 0 spiro atoms. The van der Waals surface area contributed by atoms with Crippen LogP contribution in [0.1, 0.15) is 130 Å². The minimum Gasteiger partial charge on any atom is -0.456 e. The monoisotopic (exact) mass is 1070 g/mol. The van der Waals surface area contributed by atoms with E-state index in [1.54, 1.807) is 0 Å². The SMILES string of the molecule is CC(C)(C)c1ccc(Nc2cc3c(cc2-c2c4c5c(c6cc7c(cc6n5-c5cc6c(cc5[B]4)nc(-c4ccccc4)n6-c4ccccc4)C(C)(C)CCC7(C)C)c4c2oc2ccccc24)oc2cc4c(cc23)C(C)(C)CCC4(C)C)cc1. The molecule has 16 rings (SSSR count). The minimum absolute atomic E-state index is 0.00843. The van der Waals surface area contributed by atoms with Crippen LogP contribution in [-0.4, -0.2) is 21.4 Å². The zero-order valence-corrected chi connectivity index (χ0v) is 49.1. The number of nitrogens with zero attached hydrogens (tertiary/aromatic N) is 3. The summed E-state index contributed by atoms with van der Waals surface area (Å²) in [6, 6.07) is 58.4. The Morgan fingerprint density at radius 1 is 0.524 bits per heavy atom. The molecule has 82 heavy (non-hydrogen) atoms. The van der Waals surface area contributed by atoms with E-state index in [1.165, 1.54) is 49.6 Å². The fraction of sp³-hybridized carbons (Fsp3) is 0.267. The van der Waals surface area contributed by atoms with Gasteiger partial charge in [0.15, 0.2) is 7.28 Å². The molecule has 0 fully saturated rings. The summed E-state index contributed by atoms with van der Waals surface area (Å²) in [5.74, 6) is 0.908. The molecule has 6 nitrogen and oxygen atoms in total. The minimum atomic E-state index is -0.0239. The fourth-order valence-corrected chi connectivity index (χ4v) is 14.8. The highest BCUT2D eigenvalue weighted by Crippen LogP contribution is 2.54. The van der Waals surface area contributed by atoms with Gasteiger partial charge in [0.1, 0.15) is 28.2 Å². The molecule has 0 bridgehead atoms. The van der Waals surface area contributed by atoms with Gasteiger partial charge in [-0.3, -0.25) is 4.57 Å². The van der Waals surface area contributed by atoms with Gasteiger partial charge in [-0.05, 0) is 165 Å². The molecule has 1 N–H and O–H groups in total. The highest BCUT2D eigenvalue weighted by molar-refractivity contribution is 6.74. The predicted molar refractivity (Wildman–Crippen MR) is 345 cm³/mol. The summed E-state index contributed by atoms with van der Waals surface area (Å²) in [5, 5.41) is 11.0. The number of hydrogen-bond donors (Lipinski definition) is 1. The lowest BCUT2D eigenvalue weighted by molar-refractivity contribution is 0.332. The molecule has 9 aromatic carbocycles. The van der Waals surface area contributed by atoms with E-state index in [9.17, 15) is 0 Å². The van der Waals surface area contributed by atoms with Crippen molar-refractivity contribution in [3.8, 4) is 33.9 Å². The molecule has 0 unspecified atom stereocenters. The zero-order chi connectivity index (χ0) is 56.1. The van der Waals surface area contributed by atoms with Crippen molar-refractivity contribution >= 4 is 106 Å². The molecule has 0 saturated heterocycles. The number of aromatic nitrogens is 3. The van der Waals surface area contributed by atoms with Crippen LogP contribution in [0.15, 0.2) is 167 Å². The quantitative estimate of drug-likeness (QED) is 0.175. The molecule has 1 radical (unpaired) electrons. The van der Waals surface area contributed by atoms with Crippen molar-refractivity contribution in [3.05, 3.63) is 186 Å². The maximum atomic E-state index is 7.47. The van der Waals surface area contributed by atoms with Crippen LogP contribution in [0.5, 0.6) is 0 Å². The highest BCUT2D eigenvalue weighted by atomic mass is 16.3. The van der Waals surface area contributed by atoms with Crippen LogP contribution in [0.3, 0.4) is 0 Å². The number of benzene rings is 9. The number of hydrogen-bond acceptors (Lipinski definition) is 4. The molecule has 5 heterocycles. The fourth-order valence-electron chi connectivity index (χ4n) is 14.8. The highest BCUT2D eigenvalue weighted by Gasteiger charge is 2.41. The first-order chi connectivity index (χ1) is 39.2. The lowest BCUT2D eigenvalue weighted by atomic mass is 9.58. The second-order valence-corrected chi connectivity index (χ2v) is 28.0. The molecule has 0 saturated carbocycles. The normalized spacial score (nSPS) is 16.8. The Morgan fingerprint density at radius 2 is 1.12 bits per heavy atom. The molecule has 3 aliphatic rings. The number of nitrogens with one attached hydrogen (secondary N) is 1. The smallest absolute Gasteiger partial charge is 0.198 e. The Labute approximate surface area is 480 Å². The third kappa shape index (κ3) is 7.10. The maximum Gasteiger partial charge on any atom is 0.198 e. The van der Waals surface area contributed by atoms with Crippen LogP contribution in [0.2, 0.25) is 0 Å². The Hall–Kier alpha value is -8.29. The first kappa shape index (κ1) is 49.5. The van der Waals surface area contributed by atoms with Gasteiger partial charge in [0, 0.05) is 77.3 Å². The van der Waals surface area contributed by atoms with E-state index in [1.807, 2.05) is 0 Å². The van der Waals surface area contributed by atoms with E-state index in [0.29, 0.717) is 0 Å². The largest absolute Gasteiger partial charge is 0.456 e. The van der Waals surface area contributed by atoms with Gasteiger partial charge < -0.3 is 18.7 Å². The number of para-hydroxylation sites is 2. The van der Waals surface area contributed by atoms with E-state index in [4.69, 9.17) is 13.8 Å². The van der Waals surface area contributed by atoms with E-state index in [2.05, 4.69) is 256 Å². The Bertz CT molecular complexity index is 4880. The maximum absolute atomic E-state index is 7.47. The van der Waals surface area contributed by atoms with Crippen LogP contribution in [-0.2, 0) is 27.1 Å². The lowest BCUT2D eigenvalue weighted by Gasteiger charge is -2.42. The van der Waals surface area contributed by atoms with Gasteiger partial charge in [-0.15, -0.1) is 0 Å². The van der Waals surface area contributed by atoms with Crippen molar-refractivity contribution in [2.45, 2.75) is 129 Å². The molecule has 4 aromatic heterocycles. The molecule has 0 amide bonds. The molecular formula is C75H68BN4O2. The van der Waals surface area contributed by atoms with Gasteiger partial charge in [0.25, 0.3) is 0 Å². The van der Waals surface area contributed by atoms with E-state index in [0.717, 1.165) is 137 Å². The number of rotatable bonds is 5. The van der Waals surface area contributed by atoms with E-state index < -0.39 is 0 Å². The summed E-state index contributed by atoms with van der Waals surface area (Å²) in [7, 11) is 2.44. The van der Waals surface area contributed by atoms with Crippen LogP contribution in [0.25, 0.3) is 111 Å². The summed E-state index contributed by atoms with van der Waals surface area (Å²) >= 11 is 0. The van der Waals surface area contributed by atoms with Gasteiger partial charge in [-0.25, -0.2) is 4.98 Å². The number of anilines is 2. The third-order valence-corrected chi connectivity index (χ3v) is 19.8.